The van der Waals surface area contributed by atoms with Gasteiger partial charge in [0.1, 0.15) is 0 Å². The van der Waals surface area contributed by atoms with Crippen molar-refractivity contribution in [2.45, 2.75) is 31.8 Å². The van der Waals surface area contributed by atoms with Crippen molar-refractivity contribution < 1.29 is 13.2 Å². The number of aromatic nitrogens is 1. The maximum Gasteiger partial charge on any atom is 0.260 e. The van der Waals surface area contributed by atoms with Crippen LogP contribution in [-0.2, 0) is 23.1 Å². The summed E-state index contributed by atoms with van der Waals surface area (Å²) in [6.45, 7) is 4.63. The van der Waals surface area contributed by atoms with Crippen LogP contribution in [0.2, 0.25) is 5.02 Å². The first-order chi connectivity index (χ1) is 19.3. The number of rotatable bonds is 9. The standard InChI is InChI=1S/C31H28ClN3O3S2/c1-3-34(20-23-10-6-4-7-11-23)40(37,38)26-16-14-25(15-17-26)30(36)35(21-24-12-8-5-9-13-24)31-33-29-22(2)27(32)18-19-28(29)39-31/h4-19H,3,20-21H2,1-2H3. The number of hydrogen-bond donors (Lipinski definition) is 0. The van der Waals surface area contributed by atoms with Gasteiger partial charge in [-0.05, 0) is 60.0 Å². The molecule has 0 aliphatic heterocycles. The van der Waals surface area contributed by atoms with E-state index < -0.39 is 10.0 Å². The fourth-order valence-corrected chi connectivity index (χ4v) is 7.04. The third-order valence-corrected chi connectivity index (χ3v) is 10.1. The Balaban J connectivity index is 1.46. The molecule has 40 heavy (non-hydrogen) atoms. The second-order valence-corrected chi connectivity index (χ2v) is 12.7. The second-order valence-electron chi connectivity index (χ2n) is 9.33. The Bertz CT molecular complexity index is 1740. The zero-order valence-corrected chi connectivity index (χ0v) is 24.5. The number of anilines is 1. The molecule has 0 saturated heterocycles. The lowest BCUT2D eigenvalue weighted by Gasteiger charge is -2.22. The van der Waals surface area contributed by atoms with Gasteiger partial charge in [0, 0.05) is 23.7 Å². The number of fused-ring (bicyclic) bond motifs is 1. The summed E-state index contributed by atoms with van der Waals surface area (Å²) in [5.74, 6) is -0.271. The summed E-state index contributed by atoms with van der Waals surface area (Å²) >= 11 is 7.74. The minimum Gasteiger partial charge on any atom is -0.279 e. The van der Waals surface area contributed by atoms with Crippen LogP contribution in [0.5, 0.6) is 0 Å². The molecule has 0 radical (unpaired) electrons. The van der Waals surface area contributed by atoms with Crippen molar-refractivity contribution in [2.75, 3.05) is 11.4 Å². The Morgan fingerprint density at radius 3 is 2.05 bits per heavy atom. The number of hydrogen-bond acceptors (Lipinski definition) is 5. The topological polar surface area (TPSA) is 70.6 Å². The van der Waals surface area contributed by atoms with Gasteiger partial charge in [0.25, 0.3) is 5.91 Å². The van der Waals surface area contributed by atoms with Gasteiger partial charge in [-0.2, -0.15) is 4.31 Å². The quantitative estimate of drug-likeness (QED) is 0.181. The third kappa shape index (κ3) is 5.81. The third-order valence-electron chi connectivity index (χ3n) is 6.69. The van der Waals surface area contributed by atoms with Crippen LogP contribution < -0.4 is 4.90 Å². The minimum absolute atomic E-state index is 0.140. The first kappa shape index (κ1) is 28.0. The normalized spacial score (nSPS) is 11.7. The fraction of sp³-hybridized carbons (Fsp3) is 0.161. The molecule has 0 atom stereocenters. The number of thiazole rings is 1. The molecule has 1 heterocycles. The Morgan fingerprint density at radius 2 is 1.45 bits per heavy atom. The first-order valence-corrected chi connectivity index (χ1v) is 15.5. The Hall–Kier alpha value is -3.56. The molecule has 0 aliphatic carbocycles. The zero-order valence-electron chi connectivity index (χ0n) is 22.1. The molecular formula is C31H28ClN3O3S2. The van der Waals surface area contributed by atoms with Crippen LogP contribution in [0.3, 0.4) is 0 Å². The lowest BCUT2D eigenvalue weighted by atomic mass is 10.1. The predicted molar refractivity (Wildman–Crippen MR) is 162 cm³/mol. The summed E-state index contributed by atoms with van der Waals surface area (Å²) in [4.78, 5) is 20.4. The van der Waals surface area contributed by atoms with Gasteiger partial charge in [0.15, 0.2) is 5.13 Å². The Labute approximate surface area is 243 Å². The van der Waals surface area contributed by atoms with Crippen molar-refractivity contribution in [2.24, 2.45) is 0 Å². The van der Waals surface area contributed by atoms with Crippen LogP contribution in [0.15, 0.2) is 102 Å². The average Bonchev–Trinajstić information content (AvgIpc) is 3.42. The number of nitrogens with zero attached hydrogens (tertiary/aromatic N) is 3. The lowest BCUT2D eigenvalue weighted by molar-refractivity contribution is 0.0985. The summed E-state index contributed by atoms with van der Waals surface area (Å²) in [5, 5.41) is 1.17. The molecule has 5 rings (SSSR count). The second kappa shape index (κ2) is 11.9. The van der Waals surface area contributed by atoms with Crippen molar-refractivity contribution in [3.63, 3.8) is 0 Å². The molecule has 6 nitrogen and oxygen atoms in total. The molecule has 204 valence electrons. The molecule has 0 bridgehead atoms. The van der Waals surface area contributed by atoms with Gasteiger partial charge in [-0.3, -0.25) is 9.69 Å². The van der Waals surface area contributed by atoms with E-state index >= 15 is 0 Å². The van der Waals surface area contributed by atoms with E-state index in [1.807, 2.05) is 86.6 Å². The van der Waals surface area contributed by atoms with Crippen LogP contribution in [0, 0.1) is 6.92 Å². The number of halogens is 1. The highest BCUT2D eigenvalue weighted by atomic mass is 35.5. The molecule has 4 aromatic carbocycles. The van der Waals surface area contributed by atoms with Crippen LogP contribution >= 0.6 is 22.9 Å². The monoisotopic (exact) mass is 589 g/mol. The van der Waals surface area contributed by atoms with Gasteiger partial charge in [0.05, 0.1) is 21.7 Å². The summed E-state index contributed by atoms with van der Waals surface area (Å²) in [5.41, 5.74) is 3.85. The maximum atomic E-state index is 13.9. The molecule has 0 spiro atoms. The van der Waals surface area contributed by atoms with Gasteiger partial charge in [-0.25, -0.2) is 13.4 Å². The number of sulfonamides is 1. The highest BCUT2D eigenvalue weighted by molar-refractivity contribution is 7.89. The van der Waals surface area contributed by atoms with E-state index in [1.54, 1.807) is 17.0 Å². The van der Waals surface area contributed by atoms with E-state index in [0.29, 0.717) is 28.8 Å². The maximum absolute atomic E-state index is 13.9. The smallest absolute Gasteiger partial charge is 0.260 e. The Kier molecular flexibility index (Phi) is 8.32. The van der Waals surface area contributed by atoms with Gasteiger partial charge >= 0.3 is 0 Å². The number of benzene rings is 4. The largest absolute Gasteiger partial charge is 0.279 e. The van der Waals surface area contributed by atoms with E-state index in [0.717, 1.165) is 26.9 Å². The van der Waals surface area contributed by atoms with Gasteiger partial charge < -0.3 is 0 Å². The SMILES string of the molecule is CCN(Cc1ccccc1)S(=O)(=O)c1ccc(C(=O)N(Cc2ccccc2)c2nc3c(C)c(Cl)ccc3s2)cc1. The van der Waals surface area contributed by atoms with Gasteiger partial charge in [-0.1, -0.05) is 90.5 Å². The molecular weight excluding hydrogens is 562 g/mol. The highest BCUT2D eigenvalue weighted by Gasteiger charge is 2.26. The number of carbonyl (C=O) groups excluding carboxylic acids is 1. The predicted octanol–water partition coefficient (Wildman–Crippen LogP) is 7.32. The van der Waals surface area contributed by atoms with Gasteiger partial charge in [0.2, 0.25) is 10.0 Å². The highest BCUT2D eigenvalue weighted by Crippen LogP contribution is 2.35. The van der Waals surface area contributed by atoms with Crippen molar-refractivity contribution >= 4 is 54.2 Å². The molecule has 0 N–H and O–H groups in total. The lowest BCUT2D eigenvalue weighted by Crippen LogP contribution is -2.31. The van der Waals surface area contributed by atoms with E-state index in [4.69, 9.17) is 16.6 Å². The average molecular weight is 590 g/mol. The molecule has 0 fully saturated rings. The molecule has 0 unspecified atom stereocenters. The van der Waals surface area contributed by atoms with Crippen LogP contribution in [0.25, 0.3) is 10.2 Å². The van der Waals surface area contributed by atoms with Crippen molar-refractivity contribution in [1.82, 2.24) is 9.29 Å². The molecule has 9 heteroatoms. The van der Waals surface area contributed by atoms with Crippen LogP contribution in [-0.4, -0.2) is 30.2 Å². The van der Waals surface area contributed by atoms with Crippen molar-refractivity contribution in [3.05, 3.63) is 124 Å². The summed E-state index contributed by atoms with van der Waals surface area (Å²) in [6.07, 6.45) is 0. The summed E-state index contributed by atoms with van der Waals surface area (Å²) < 4.78 is 29.2. The van der Waals surface area contributed by atoms with Gasteiger partial charge in [-0.15, -0.1) is 0 Å². The first-order valence-electron chi connectivity index (χ1n) is 12.8. The number of amides is 1. The number of aryl methyl sites for hydroxylation is 1. The van der Waals surface area contributed by atoms with Crippen LogP contribution in [0.4, 0.5) is 5.13 Å². The fourth-order valence-electron chi connectivity index (χ4n) is 4.42. The van der Waals surface area contributed by atoms with Crippen LogP contribution in [0.1, 0.15) is 34.0 Å². The summed E-state index contributed by atoms with van der Waals surface area (Å²) in [6, 6.07) is 29.0. The van der Waals surface area contributed by atoms with E-state index in [2.05, 4.69) is 0 Å². The summed E-state index contributed by atoms with van der Waals surface area (Å²) in [7, 11) is -3.75. The molecule has 5 aromatic rings. The number of carbonyl (C=O) groups is 1. The zero-order chi connectivity index (χ0) is 28.3. The van der Waals surface area contributed by atoms with Crippen molar-refractivity contribution in [1.29, 1.82) is 0 Å². The van der Waals surface area contributed by atoms with E-state index in [1.165, 1.54) is 27.8 Å². The van der Waals surface area contributed by atoms with Crippen molar-refractivity contribution in [3.8, 4) is 0 Å². The molecule has 0 saturated carbocycles. The van der Waals surface area contributed by atoms with E-state index in [9.17, 15) is 13.2 Å². The molecule has 0 aliphatic rings. The Morgan fingerprint density at radius 1 is 0.850 bits per heavy atom. The molecule has 1 amide bonds. The minimum atomic E-state index is -3.75. The van der Waals surface area contributed by atoms with E-state index in [-0.39, 0.29) is 17.3 Å². The molecule has 1 aromatic heterocycles.